The van der Waals surface area contributed by atoms with Crippen LogP contribution in [0.3, 0.4) is 0 Å². The molecule has 1 amide bonds. The molecular formula is C20H16BrClN2O5S. The topological polar surface area (TPSA) is 97.2 Å². The Morgan fingerprint density at radius 2 is 2.13 bits per heavy atom. The first-order valence-corrected chi connectivity index (χ1v) is 10.5. The van der Waals surface area contributed by atoms with E-state index in [0.29, 0.717) is 36.6 Å². The summed E-state index contributed by atoms with van der Waals surface area (Å²) in [5.74, 6) is -0.759. The van der Waals surface area contributed by atoms with E-state index in [9.17, 15) is 9.59 Å². The third kappa shape index (κ3) is 5.16. The Morgan fingerprint density at radius 3 is 2.83 bits per heavy atom. The van der Waals surface area contributed by atoms with Gasteiger partial charge in [0.1, 0.15) is 0 Å². The molecule has 2 N–H and O–H groups in total. The number of rotatable bonds is 6. The maximum absolute atomic E-state index is 12.4. The standard InChI is InChI=1S/C20H16BrClN2O5S/c1-10-13(22)4-3-5-14(10)23-20-24-19(27)17(30-20)7-11-6-15(28-2)16(8-12(11)21)29-9-18(25)26/h3-8H,9H2,1-2H3,(H,25,26)(H,23,24,27)/b17-7+. The number of carbonyl (C=O) groups is 2. The van der Waals surface area contributed by atoms with Crippen LogP contribution >= 0.6 is 39.3 Å². The van der Waals surface area contributed by atoms with E-state index in [-0.39, 0.29) is 11.7 Å². The van der Waals surface area contributed by atoms with E-state index in [1.54, 1.807) is 30.3 Å². The molecule has 1 aliphatic rings. The van der Waals surface area contributed by atoms with Crippen molar-refractivity contribution >= 4 is 68.1 Å². The molecule has 7 nitrogen and oxygen atoms in total. The van der Waals surface area contributed by atoms with Crippen LogP contribution in [-0.2, 0) is 9.59 Å². The van der Waals surface area contributed by atoms with Gasteiger partial charge in [0, 0.05) is 9.50 Å². The number of hydrogen-bond acceptors (Lipinski definition) is 6. The number of nitrogens with zero attached hydrogens (tertiary/aromatic N) is 1. The summed E-state index contributed by atoms with van der Waals surface area (Å²) in [5.41, 5.74) is 2.16. The predicted molar refractivity (Wildman–Crippen MR) is 121 cm³/mol. The molecule has 1 heterocycles. The Balaban J connectivity index is 1.88. The second-order valence-corrected chi connectivity index (χ2v) is 8.36. The number of thioether (sulfide) groups is 1. The Bertz CT molecular complexity index is 1090. The molecule has 10 heteroatoms. The van der Waals surface area contributed by atoms with Crippen LogP contribution in [0.5, 0.6) is 11.5 Å². The highest BCUT2D eigenvalue weighted by molar-refractivity contribution is 9.10. The minimum atomic E-state index is -1.10. The Kier molecular flexibility index (Phi) is 7.06. The zero-order chi connectivity index (χ0) is 21.8. The summed E-state index contributed by atoms with van der Waals surface area (Å²) >= 11 is 10.7. The number of carbonyl (C=O) groups excluding carboxylic acids is 1. The molecule has 156 valence electrons. The van der Waals surface area contributed by atoms with Crippen molar-refractivity contribution in [1.29, 1.82) is 0 Å². The summed E-state index contributed by atoms with van der Waals surface area (Å²) in [6, 6.07) is 8.64. The quantitative estimate of drug-likeness (QED) is 0.542. The van der Waals surface area contributed by atoms with Crippen molar-refractivity contribution in [2.45, 2.75) is 6.92 Å². The third-order valence-electron chi connectivity index (χ3n) is 4.03. The molecule has 0 unspecified atom stereocenters. The summed E-state index contributed by atoms with van der Waals surface area (Å²) in [5, 5.41) is 12.6. The number of carboxylic acids is 1. The first-order chi connectivity index (χ1) is 14.3. The molecule has 0 atom stereocenters. The lowest BCUT2D eigenvalue weighted by Gasteiger charge is -2.11. The van der Waals surface area contributed by atoms with Crippen LogP contribution in [0.25, 0.3) is 6.08 Å². The van der Waals surface area contributed by atoms with Crippen LogP contribution in [0.4, 0.5) is 5.69 Å². The minimum Gasteiger partial charge on any atom is -0.493 e. The number of aliphatic imine (C=N–C) groups is 1. The van der Waals surface area contributed by atoms with Crippen molar-refractivity contribution in [1.82, 2.24) is 5.32 Å². The molecular weight excluding hydrogens is 496 g/mol. The second kappa shape index (κ2) is 9.55. The lowest BCUT2D eigenvalue weighted by Crippen LogP contribution is -2.19. The average molecular weight is 512 g/mol. The summed E-state index contributed by atoms with van der Waals surface area (Å²) in [6.07, 6.45) is 1.68. The number of methoxy groups -OCH3 is 1. The fourth-order valence-corrected chi connectivity index (χ4v) is 3.95. The number of aliphatic carboxylic acids is 1. The molecule has 2 aromatic carbocycles. The molecule has 3 rings (SSSR count). The molecule has 1 aliphatic heterocycles. The first kappa shape index (κ1) is 22.2. The molecule has 0 aromatic heterocycles. The van der Waals surface area contributed by atoms with Crippen molar-refractivity contribution < 1.29 is 24.2 Å². The van der Waals surface area contributed by atoms with Gasteiger partial charge in [-0.1, -0.05) is 33.6 Å². The van der Waals surface area contributed by atoms with Crippen molar-refractivity contribution in [3.63, 3.8) is 0 Å². The molecule has 1 saturated heterocycles. The lowest BCUT2D eigenvalue weighted by molar-refractivity contribution is -0.139. The van der Waals surface area contributed by atoms with Gasteiger partial charge in [0.15, 0.2) is 23.3 Å². The number of nitrogens with one attached hydrogen (secondary N) is 1. The molecule has 2 aromatic rings. The highest BCUT2D eigenvalue weighted by atomic mass is 79.9. The lowest BCUT2D eigenvalue weighted by atomic mass is 10.2. The monoisotopic (exact) mass is 510 g/mol. The van der Waals surface area contributed by atoms with Crippen molar-refractivity contribution in [3.8, 4) is 11.5 Å². The van der Waals surface area contributed by atoms with Gasteiger partial charge in [0.05, 0.1) is 17.7 Å². The molecule has 1 fully saturated rings. The zero-order valence-electron chi connectivity index (χ0n) is 15.9. The summed E-state index contributed by atoms with van der Waals surface area (Å²) < 4.78 is 11.1. The molecule has 30 heavy (non-hydrogen) atoms. The molecule has 0 spiro atoms. The maximum Gasteiger partial charge on any atom is 0.341 e. The van der Waals surface area contributed by atoms with Gasteiger partial charge < -0.3 is 19.9 Å². The fraction of sp³-hybridized carbons (Fsp3) is 0.150. The molecule has 0 radical (unpaired) electrons. The highest BCUT2D eigenvalue weighted by Gasteiger charge is 2.25. The molecule has 0 saturated carbocycles. The number of amides is 1. The Morgan fingerprint density at radius 1 is 1.37 bits per heavy atom. The van der Waals surface area contributed by atoms with Crippen molar-refractivity contribution in [2.75, 3.05) is 13.7 Å². The van der Waals surface area contributed by atoms with Crippen LogP contribution in [0.1, 0.15) is 11.1 Å². The Hall–Kier alpha value is -2.49. The fourth-order valence-electron chi connectivity index (χ4n) is 2.52. The van der Waals surface area contributed by atoms with E-state index in [1.165, 1.54) is 18.9 Å². The van der Waals surface area contributed by atoms with E-state index >= 15 is 0 Å². The molecule has 0 aliphatic carbocycles. The van der Waals surface area contributed by atoms with Crippen LogP contribution in [0, 0.1) is 6.92 Å². The van der Waals surface area contributed by atoms with Crippen LogP contribution in [0.2, 0.25) is 5.02 Å². The highest BCUT2D eigenvalue weighted by Crippen LogP contribution is 2.37. The van der Waals surface area contributed by atoms with Gasteiger partial charge in [-0.25, -0.2) is 9.79 Å². The third-order valence-corrected chi connectivity index (χ3v) is 6.04. The number of halogens is 2. The van der Waals surface area contributed by atoms with E-state index in [0.717, 1.165) is 5.56 Å². The number of amidine groups is 1. The largest absolute Gasteiger partial charge is 0.493 e. The van der Waals surface area contributed by atoms with Gasteiger partial charge in [-0.3, -0.25) is 4.79 Å². The van der Waals surface area contributed by atoms with Crippen molar-refractivity contribution in [2.24, 2.45) is 4.99 Å². The van der Waals surface area contributed by atoms with Gasteiger partial charge in [0.25, 0.3) is 5.91 Å². The van der Waals surface area contributed by atoms with Gasteiger partial charge in [-0.05, 0) is 60.2 Å². The van der Waals surface area contributed by atoms with E-state index in [4.69, 9.17) is 26.2 Å². The van der Waals surface area contributed by atoms with Crippen LogP contribution in [0.15, 0.2) is 44.7 Å². The van der Waals surface area contributed by atoms with Gasteiger partial charge in [-0.2, -0.15) is 0 Å². The smallest absolute Gasteiger partial charge is 0.341 e. The van der Waals surface area contributed by atoms with E-state index in [2.05, 4.69) is 26.2 Å². The maximum atomic E-state index is 12.4. The van der Waals surface area contributed by atoms with Crippen LogP contribution < -0.4 is 14.8 Å². The predicted octanol–water partition coefficient (Wildman–Crippen LogP) is 4.77. The number of hydrogen-bond donors (Lipinski definition) is 2. The zero-order valence-corrected chi connectivity index (χ0v) is 19.0. The normalized spacial score (nSPS) is 16.1. The van der Waals surface area contributed by atoms with E-state index in [1.807, 2.05) is 13.0 Å². The molecule has 0 bridgehead atoms. The van der Waals surface area contributed by atoms with Crippen molar-refractivity contribution in [3.05, 3.63) is 55.9 Å². The number of benzene rings is 2. The van der Waals surface area contributed by atoms with Gasteiger partial charge >= 0.3 is 5.97 Å². The summed E-state index contributed by atoms with van der Waals surface area (Å²) in [4.78, 5) is 28.1. The second-order valence-electron chi connectivity index (χ2n) is 6.07. The van der Waals surface area contributed by atoms with Crippen LogP contribution in [-0.4, -0.2) is 35.9 Å². The van der Waals surface area contributed by atoms with Gasteiger partial charge in [-0.15, -0.1) is 0 Å². The number of carboxylic acid groups (broad SMARTS) is 1. The van der Waals surface area contributed by atoms with E-state index < -0.39 is 12.6 Å². The summed E-state index contributed by atoms with van der Waals surface area (Å²) in [7, 11) is 1.45. The SMILES string of the molecule is COc1cc(/C=C2/SC(=Nc3cccc(Cl)c3C)NC2=O)c(Br)cc1OCC(=O)O. The average Bonchev–Trinajstić information content (AvgIpc) is 3.04. The Labute approximate surface area is 190 Å². The van der Waals surface area contributed by atoms with Gasteiger partial charge in [0.2, 0.25) is 0 Å². The number of ether oxygens (including phenoxy) is 2. The first-order valence-electron chi connectivity index (χ1n) is 8.55. The minimum absolute atomic E-state index is 0.274. The summed E-state index contributed by atoms with van der Waals surface area (Å²) in [6.45, 7) is 1.36.